The second-order valence-corrected chi connectivity index (χ2v) is 4.17. The first kappa shape index (κ1) is 10.7. The van der Waals surface area contributed by atoms with Gasteiger partial charge in [-0.1, -0.05) is 11.3 Å². The van der Waals surface area contributed by atoms with Crippen molar-refractivity contribution < 1.29 is 14.7 Å². The van der Waals surface area contributed by atoms with Crippen LogP contribution < -0.4 is 5.32 Å². The number of carboxylic acids is 1. The van der Waals surface area contributed by atoms with Crippen LogP contribution in [0.1, 0.15) is 22.8 Å². The van der Waals surface area contributed by atoms with Gasteiger partial charge in [0.1, 0.15) is 11.0 Å². The Hall–Kier alpha value is -2.44. The summed E-state index contributed by atoms with van der Waals surface area (Å²) in [4.78, 5) is 22.4. The molecule has 7 nitrogen and oxygen atoms in total. The molecule has 2 heterocycles. The lowest BCUT2D eigenvalue weighted by atomic mass is 10.1. The lowest BCUT2D eigenvalue weighted by Crippen LogP contribution is -2.16. The van der Waals surface area contributed by atoms with Crippen LogP contribution in [0.2, 0.25) is 0 Å². The molecule has 0 aliphatic carbocycles. The Balaban J connectivity index is 2.18. The van der Waals surface area contributed by atoms with Crippen LogP contribution in [0, 0.1) is 0 Å². The molecule has 1 aromatic carbocycles. The van der Waals surface area contributed by atoms with E-state index in [4.69, 9.17) is 5.11 Å². The molecule has 1 aliphatic rings. The second kappa shape index (κ2) is 3.80. The van der Waals surface area contributed by atoms with Gasteiger partial charge in [-0.05, 0) is 12.1 Å². The summed E-state index contributed by atoms with van der Waals surface area (Å²) in [7, 11) is 0. The molecule has 1 fully saturated rings. The minimum absolute atomic E-state index is 0.0588. The number of benzene rings is 1. The quantitative estimate of drug-likeness (QED) is 0.788. The van der Waals surface area contributed by atoms with Crippen LogP contribution in [0.15, 0.2) is 18.2 Å². The molecule has 0 saturated carbocycles. The number of amides is 1. The average Bonchev–Trinajstić information content (AvgIpc) is 2.94. The van der Waals surface area contributed by atoms with E-state index in [1.165, 1.54) is 10.7 Å². The third-order valence-electron chi connectivity index (χ3n) is 3.02. The van der Waals surface area contributed by atoms with E-state index in [2.05, 4.69) is 15.6 Å². The van der Waals surface area contributed by atoms with E-state index >= 15 is 0 Å². The Bertz CT molecular complexity index is 649. The lowest BCUT2D eigenvalue weighted by Gasteiger charge is -2.09. The van der Waals surface area contributed by atoms with Crippen molar-refractivity contribution in [1.82, 2.24) is 20.3 Å². The van der Waals surface area contributed by atoms with Gasteiger partial charge in [-0.2, -0.15) is 0 Å². The van der Waals surface area contributed by atoms with Gasteiger partial charge < -0.3 is 10.4 Å². The molecule has 3 rings (SSSR count). The molecule has 1 atom stereocenters. The van der Waals surface area contributed by atoms with Crippen molar-refractivity contribution in [2.45, 2.75) is 12.5 Å². The average molecular weight is 246 g/mol. The van der Waals surface area contributed by atoms with E-state index in [1.807, 2.05) is 0 Å². The van der Waals surface area contributed by atoms with E-state index in [-0.39, 0.29) is 17.5 Å². The highest BCUT2D eigenvalue weighted by atomic mass is 16.4. The Labute approximate surface area is 101 Å². The maximum atomic E-state index is 11.2. The SMILES string of the molecule is O=C1CC(n2nnc3cccc(C(=O)O)c32)CN1. The Morgan fingerprint density at radius 2 is 2.33 bits per heavy atom. The highest BCUT2D eigenvalue weighted by Gasteiger charge is 2.27. The number of aromatic carboxylic acids is 1. The number of carbonyl (C=O) groups is 2. The molecule has 2 aromatic rings. The molecule has 1 saturated heterocycles. The normalized spacial score (nSPS) is 19.1. The minimum atomic E-state index is -1.03. The summed E-state index contributed by atoms with van der Waals surface area (Å²) in [6.45, 7) is 0.450. The van der Waals surface area contributed by atoms with E-state index in [0.717, 1.165) is 0 Å². The molecule has 0 bridgehead atoms. The fourth-order valence-electron chi connectivity index (χ4n) is 2.18. The van der Waals surface area contributed by atoms with Gasteiger partial charge in [0.05, 0.1) is 18.0 Å². The number of carboxylic acid groups (broad SMARTS) is 1. The summed E-state index contributed by atoms with van der Waals surface area (Å²) in [5.74, 6) is -1.09. The summed E-state index contributed by atoms with van der Waals surface area (Å²) in [5.41, 5.74) is 1.14. The van der Waals surface area contributed by atoms with Gasteiger partial charge in [-0.15, -0.1) is 5.10 Å². The summed E-state index contributed by atoms with van der Waals surface area (Å²) in [6.07, 6.45) is 0.298. The first-order valence-electron chi connectivity index (χ1n) is 5.50. The molecule has 18 heavy (non-hydrogen) atoms. The van der Waals surface area contributed by atoms with E-state index < -0.39 is 5.97 Å². The zero-order chi connectivity index (χ0) is 12.7. The van der Waals surface area contributed by atoms with Gasteiger partial charge in [0, 0.05) is 6.54 Å². The topological polar surface area (TPSA) is 97.1 Å². The molecule has 1 unspecified atom stereocenters. The predicted octanol–water partition coefficient (Wildman–Crippen LogP) is 0.191. The van der Waals surface area contributed by atoms with Gasteiger partial charge in [-0.25, -0.2) is 9.48 Å². The zero-order valence-electron chi connectivity index (χ0n) is 9.33. The Morgan fingerprint density at radius 1 is 1.50 bits per heavy atom. The molecule has 0 radical (unpaired) electrons. The van der Waals surface area contributed by atoms with E-state index in [0.29, 0.717) is 24.0 Å². The standard InChI is InChI=1S/C11H10N4O3/c16-9-4-6(5-12-9)15-10-7(11(17)18)2-1-3-8(10)13-14-15/h1-3,6H,4-5H2,(H,12,16)(H,17,18). The highest BCUT2D eigenvalue weighted by Crippen LogP contribution is 2.23. The number of nitrogens with one attached hydrogen (secondary N) is 1. The van der Waals surface area contributed by atoms with Gasteiger partial charge in [0.2, 0.25) is 5.91 Å². The van der Waals surface area contributed by atoms with Crippen molar-refractivity contribution in [3.8, 4) is 0 Å². The molecule has 0 spiro atoms. The smallest absolute Gasteiger partial charge is 0.337 e. The first-order valence-corrected chi connectivity index (χ1v) is 5.50. The fraction of sp³-hybridized carbons (Fsp3) is 0.273. The number of hydrogen-bond acceptors (Lipinski definition) is 4. The zero-order valence-corrected chi connectivity index (χ0v) is 9.33. The van der Waals surface area contributed by atoms with Gasteiger partial charge in [0.25, 0.3) is 0 Å². The van der Waals surface area contributed by atoms with Crippen LogP contribution in [0.25, 0.3) is 11.0 Å². The van der Waals surface area contributed by atoms with Crippen LogP contribution in [0.4, 0.5) is 0 Å². The lowest BCUT2D eigenvalue weighted by molar-refractivity contribution is -0.119. The summed E-state index contributed by atoms with van der Waals surface area (Å²) in [5, 5.41) is 19.8. The summed E-state index contributed by atoms with van der Waals surface area (Å²) >= 11 is 0. The van der Waals surface area contributed by atoms with Gasteiger partial charge in [-0.3, -0.25) is 4.79 Å². The summed E-state index contributed by atoms with van der Waals surface area (Å²) < 4.78 is 1.52. The van der Waals surface area contributed by atoms with Gasteiger partial charge in [0.15, 0.2) is 0 Å². The number of para-hydroxylation sites is 1. The highest BCUT2D eigenvalue weighted by molar-refractivity contribution is 6.00. The van der Waals surface area contributed by atoms with Crippen molar-refractivity contribution in [3.05, 3.63) is 23.8 Å². The molecule has 1 aliphatic heterocycles. The van der Waals surface area contributed by atoms with Crippen molar-refractivity contribution >= 4 is 22.9 Å². The van der Waals surface area contributed by atoms with Crippen molar-refractivity contribution in [3.63, 3.8) is 0 Å². The van der Waals surface area contributed by atoms with Crippen molar-refractivity contribution in [2.75, 3.05) is 6.54 Å². The number of rotatable bonds is 2. The molecule has 92 valence electrons. The van der Waals surface area contributed by atoms with Crippen LogP contribution >= 0.6 is 0 Å². The molecular formula is C11H10N4O3. The molecule has 1 amide bonds. The number of aromatic nitrogens is 3. The van der Waals surface area contributed by atoms with Crippen LogP contribution in [0.3, 0.4) is 0 Å². The number of nitrogens with zero attached hydrogens (tertiary/aromatic N) is 3. The molecule has 1 aromatic heterocycles. The number of carbonyl (C=O) groups excluding carboxylic acids is 1. The minimum Gasteiger partial charge on any atom is -0.478 e. The number of hydrogen-bond donors (Lipinski definition) is 2. The predicted molar refractivity (Wildman–Crippen MR) is 61.2 cm³/mol. The van der Waals surface area contributed by atoms with E-state index in [9.17, 15) is 9.59 Å². The van der Waals surface area contributed by atoms with Gasteiger partial charge >= 0.3 is 5.97 Å². The molecule has 7 heteroatoms. The largest absolute Gasteiger partial charge is 0.478 e. The first-order chi connectivity index (χ1) is 8.66. The van der Waals surface area contributed by atoms with Crippen LogP contribution in [-0.2, 0) is 4.79 Å². The fourth-order valence-corrected chi connectivity index (χ4v) is 2.18. The molecule has 2 N–H and O–H groups in total. The van der Waals surface area contributed by atoms with Crippen molar-refractivity contribution in [1.29, 1.82) is 0 Å². The maximum absolute atomic E-state index is 11.2. The Morgan fingerprint density at radius 3 is 3.00 bits per heavy atom. The van der Waals surface area contributed by atoms with Crippen LogP contribution in [-0.4, -0.2) is 38.5 Å². The van der Waals surface area contributed by atoms with E-state index in [1.54, 1.807) is 12.1 Å². The maximum Gasteiger partial charge on any atom is 0.337 e. The molecular weight excluding hydrogens is 236 g/mol. The monoisotopic (exact) mass is 246 g/mol. The third kappa shape index (κ3) is 1.52. The second-order valence-electron chi connectivity index (χ2n) is 4.17. The number of fused-ring (bicyclic) bond motifs is 1. The van der Waals surface area contributed by atoms with Crippen LogP contribution in [0.5, 0.6) is 0 Å². The van der Waals surface area contributed by atoms with Crippen molar-refractivity contribution in [2.24, 2.45) is 0 Å². The summed E-state index contributed by atoms with van der Waals surface area (Å²) in [6, 6.07) is 4.66. The third-order valence-corrected chi connectivity index (χ3v) is 3.02. The Kier molecular flexibility index (Phi) is 2.26.